The van der Waals surface area contributed by atoms with Gasteiger partial charge in [-0.25, -0.2) is 0 Å². The van der Waals surface area contributed by atoms with Crippen LogP contribution in [0.15, 0.2) is 66.7 Å². The molecule has 0 aliphatic heterocycles. The number of ether oxygens (including phenoxy) is 1. The van der Waals surface area contributed by atoms with E-state index in [0.29, 0.717) is 18.6 Å². The first-order valence-electron chi connectivity index (χ1n) is 7.74. The highest BCUT2D eigenvalue weighted by Gasteiger charge is 2.08. The van der Waals surface area contributed by atoms with Crippen molar-refractivity contribution >= 4 is 6.29 Å². The van der Waals surface area contributed by atoms with Crippen molar-refractivity contribution in [2.24, 2.45) is 0 Å². The third-order valence-corrected chi connectivity index (χ3v) is 4.05. The van der Waals surface area contributed by atoms with Gasteiger partial charge in [0.2, 0.25) is 0 Å². The van der Waals surface area contributed by atoms with Crippen molar-refractivity contribution < 1.29 is 14.6 Å². The van der Waals surface area contributed by atoms with E-state index >= 15 is 0 Å². The summed E-state index contributed by atoms with van der Waals surface area (Å²) in [5.74, 6) is 0.458. The van der Waals surface area contributed by atoms with Gasteiger partial charge in [0.15, 0.2) is 6.29 Å². The van der Waals surface area contributed by atoms with Gasteiger partial charge in [-0.3, -0.25) is 4.79 Å². The molecule has 0 aliphatic rings. The first kappa shape index (κ1) is 15.8. The molecule has 0 atom stereocenters. The number of benzene rings is 3. The maximum Gasteiger partial charge on any atom is 0.153 e. The Morgan fingerprint density at radius 1 is 1.00 bits per heavy atom. The molecule has 0 heterocycles. The lowest BCUT2D eigenvalue weighted by Gasteiger charge is -2.13. The number of phenols is 1. The second-order valence-electron chi connectivity index (χ2n) is 5.58. The van der Waals surface area contributed by atoms with Crippen molar-refractivity contribution in [3.8, 4) is 22.6 Å². The van der Waals surface area contributed by atoms with Crippen molar-refractivity contribution in [2.45, 2.75) is 13.5 Å². The monoisotopic (exact) mass is 318 g/mol. The summed E-state index contributed by atoms with van der Waals surface area (Å²) in [6.07, 6.45) is 0.618. The molecule has 24 heavy (non-hydrogen) atoms. The van der Waals surface area contributed by atoms with Crippen LogP contribution in [0.4, 0.5) is 0 Å². The predicted molar refractivity (Wildman–Crippen MR) is 94.4 cm³/mol. The van der Waals surface area contributed by atoms with Gasteiger partial charge < -0.3 is 9.84 Å². The molecular weight excluding hydrogens is 300 g/mol. The molecule has 120 valence electrons. The Kier molecular flexibility index (Phi) is 4.62. The summed E-state index contributed by atoms with van der Waals surface area (Å²) in [6, 6.07) is 21.0. The smallest absolute Gasteiger partial charge is 0.153 e. The molecule has 0 bridgehead atoms. The summed E-state index contributed by atoms with van der Waals surface area (Å²) in [4.78, 5) is 10.7. The van der Waals surface area contributed by atoms with Crippen LogP contribution < -0.4 is 4.74 Å². The van der Waals surface area contributed by atoms with Gasteiger partial charge >= 0.3 is 0 Å². The van der Waals surface area contributed by atoms with Crippen LogP contribution in [0.1, 0.15) is 21.5 Å². The minimum absolute atomic E-state index is 0.0720. The van der Waals surface area contributed by atoms with Crippen LogP contribution in [0.3, 0.4) is 0 Å². The van der Waals surface area contributed by atoms with Crippen LogP contribution in [0.25, 0.3) is 11.1 Å². The normalized spacial score (nSPS) is 10.4. The van der Waals surface area contributed by atoms with E-state index < -0.39 is 0 Å². The summed E-state index contributed by atoms with van der Waals surface area (Å²) >= 11 is 0. The number of aldehydes is 1. The van der Waals surface area contributed by atoms with Crippen molar-refractivity contribution in [1.29, 1.82) is 0 Å². The first-order chi connectivity index (χ1) is 11.7. The van der Waals surface area contributed by atoms with E-state index in [1.807, 2.05) is 30.3 Å². The van der Waals surface area contributed by atoms with E-state index in [9.17, 15) is 9.90 Å². The van der Waals surface area contributed by atoms with Crippen molar-refractivity contribution in [3.63, 3.8) is 0 Å². The molecule has 3 rings (SSSR count). The lowest BCUT2D eigenvalue weighted by Crippen LogP contribution is -1.99. The highest BCUT2D eigenvalue weighted by atomic mass is 16.5. The van der Waals surface area contributed by atoms with Crippen molar-refractivity contribution in [1.82, 2.24) is 0 Å². The summed E-state index contributed by atoms with van der Waals surface area (Å²) in [5.41, 5.74) is 4.85. The van der Waals surface area contributed by atoms with Gasteiger partial charge in [-0.05, 0) is 41.3 Å². The minimum Gasteiger partial charge on any atom is -0.507 e. The zero-order valence-electron chi connectivity index (χ0n) is 13.4. The molecule has 0 amide bonds. The van der Waals surface area contributed by atoms with Crippen LogP contribution in [0.2, 0.25) is 0 Å². The fraction of sp³-hybridized carbons (Fsp3) is 0.0952. The summed E-state index contributed by atoms with van der Waals surface area (Å²) in [6.45, 7) is 2.47. The first-order valence-corrected chi connectivity index (χ1v) is 7.74. The van der Waals surface area contributed by atoms with E-state index in [2.05, 4.69) is 25.1 Å². The Balaban J connectivity index is 1.81. The molecule has 0 aliphatic carbocycles. The van der Waals surface area contributed by atoms with Crippen LogP contribution in [0.5, 0.6) is 11.5 Å². The van der Waals surface area contributed by atoms with Crippen LogP contribution >= 0.6 is 0 Å². The van der Waals surface area contributed by atoms with E-state index in [1.165, 1.54) is 17.2 Å². The molecule has 0 saturated heterocycles. The van der Waals surface area contributed by atoms with Crippen molar-refractivity contribution in [2.75, 3.05) is 0 Å². The average molecular weight is 318 g/mol. The highest BCUT2D eigenvalue weighted by molar-refractivity contribution is 5.79. The summed E-state index contributed by atoms with van der Waals surface area (Å²) < 4.78 is 5.77. The number of carbonyl (C=O) groups excluding carboxylic acids is 1. The molecule has 0 spiro atoms. The number of carbonyl (C=O) groups is 1. The Hall–Kier alpha value is -3.07. The number of hydrogen-bond donors (Lipinski definition) is 1. The van der Waals surface area contributed by atoms with Crippen molar-refractivity contribution in [3.05, 3.63) is 83.4 Å². The maximum absolute atomic E-state index is 10.7. The fourth-order valence-corrected chi connectivity index (χ4v) is 2.64. The molecule has 0 unspecified atom stereocenters. The second kappa shape index (κ2) is 7.01. The highest BCUT2D eigenvalue weighted by Crippen LogP contribution is 2.27. The van der Waals surface area contributed by atoms with E-state index in [0.717, 1.165) is 11.1 Å². The Morgan fingerprint density at radius 2 is 1.79 bits per heavy atom. The molecule has 0 fully saturated rings. The van der Waals surface area contributed by atoms with E-state index in [4.69, 9.17) is 4.74 Å². The van der Waals surface area contributed by atoms with Gasteiger partial charge in [-0.15, -0.1) is 0 Å². The topological polar surface area (TPSA) is 46.5 Å². The molecule has 3 nitrogen and oxygen atoms in total. The SMILES string of the molecule is Cc1c(COc2ccc(C=O)c(O)c2)cccc1-c1ccccc1. The zero-order chi connectivity index (χ0) is 16.9. The molecule has 3 aromatic rings. The number of hydrogen-bond acceptors (Lipinski definition) is 3. The van der Waals surface area contributed by atoms with Crippen LogP contribution in [-0.2, 0) is 6.61 Å². The third kappa shape index (κ3) is 3.30. The number of aromatic hydroxyl groups is 1. The molecule has 3 aromatic carbocycles. The van der Waals surface area contributed by atoms with E-state index in [-0.39, 0.29) is 11.3 Å². The quantitative estimate of drug-likeness (QED) is 0.690. The lowest BCUT2D eigenvalue weighted by molar-refractivity contribution is 0.112. The molecule has 0 saturated carbocycles. The largest absolute Gasteiger partial charge is 0.507 e. The van der Waals surface area contributed by atoms with E-state index in [1.54, 1.807) is 12.1 Å². The Labute approximate surface area is 141 Å². The summed E-state index contributed by atoms with van der Waals surface area (Å²) in [7, 11) is 0. The van der Waals surface area contributed by atoms with Crippen LogP contribution in [0, 0.1) is 6.92 Å². The fourth-order valence-electron chi connectivity index (χ4n) is 2.64. The van der Waals surface area contributed by atoms with Gasteiger partial charge in [-0.2, -0.15) is 0 Å². The van der Waals surface area contributed by atoms with Gasteiger partial charge in [-0.1, -0.05) is 48.5 Å². The minimum atomic E-state index is -0.0720. The van der Waals surface area contributed by atoms with Crippen LogP contribution in [-0.4, -0.2) is 11.4 Å². The second-order valence-corrected chi connectivity index (χ2v) is 5.58. The standard InChI is InChI=1S/C21H18O3/c1-15-18(8-5-9-20(15)16-6-3-2-4-7-16)14-24-19-11-10-17(13-22)21(23)12-19/h2-13,23H,14H2,1H3. The van der Waals surface area contributed by atoms with Gasteiger partial charge in [0.25, 0.3) is 0 Å². The van der Waals surface area contributed by atoms with Gasteiger partial charge in [0.1, 0.15) is 18.1 Å². The zero-order valence-corrected chi connectivity index (χ0v) is 13.4. The number of phenolic OH excluding ortho intramolecular Hbond substituents is 1. The molecule has 1 N–H and O–H groups in total. The summed E-state index contributed by atoms with van der Waals surface area (Å²) in [5, 5.41) is 9.72. The lowest BCUT2D eigenvalue weighted by atomic mass is 9.97. The molecule has 0 radical (unpaired) electrons. The molecule has 0 aromatic heterocycles. The molecule has 3 heteroatoms. The average Bonchev–Trinajstić information content (AvgIpc) is 2.62. The Morgan fingerprint density at radius 3 is 2.50 bits per heavy atom. The molecular formula is C21H18O3. The Bertz CT molecular complexity index is 854. The maximum atomic E-state index is 10.7. The third-order valence-electron chi connectivity index (χ3n) is 4.05. The van der Waals surface area contributed by atoms with Gasteiger partial charge in [0.05, 0.1) is 5.56 Å². The predicted octanol–water partition coefficient (Wildman–Crippen LogP) is 4.76. The number of rotatable bonds is 5. The van der Waals surface area contributed by atoms with Gasteiger partial charge in [0, 0.05) is 6.07 Å².